The Labute approximate surface area is 75.9 Å². The molecule has 4 nitrogen and oxygen atoms in total. The quantitative estimate of drug-likeness (QED) is 0.386. The van der Waals surface area contributed by atoms with E-state index in [9.17, 15) is 9.90 Å². The van der Waals surface area contributed by atoms with Crippen LogP contribution in [0.5, 0.6) is 5.75 Å². The summed E-state index contributed by atoms with van der Waals surface area (Å²) < 4.78 is 4.52. The Morgan fingerprint density at radius 1 is 1.54 bits per heavy atom. The van der Waals surface area contributed by atoms with Gasteiger partial charge in [-0.15, -0.1) is 0 Å². The molecule has 70 valence electrons. The van der Waals surface area contributed by atoms with Crippen LogP contribution in [-0.4, -0.2) is 18.2 Å². The van der Waals surface area contributed by atoms with Gasteiger partial charge in [-0.2, -0.15) is 0 Å². The van der Waals surface area contributed by atoms with Crippen molar-refractivity contribution in [1.82, 2.24) is 0 Å². The molecule has 0 saturated carbocycles. The van der Waals surface area contributed by atoms with E-state index >= 15 is 0 Å². The van der Waals surface area contributed by atoms with Crippen LogP contribution in [0.4, 0.5) is 5.69 Å². The lowest BCUT2D eigenvalue weighted by Crippen LogP contribution is -2.04. The number of anilines is 1. The fourth-order valence-corrected chi connectivity index (χ4v) is 1.05. The fourth-order valence-electron chi connectivity index (χ4n) is 1.05. The minimum Gasteiger partial charge on any atom is -0.505 e. The van der Waals surface area contributed by atoms with Crippen LogP contribution in [0.2, 0.25) is 0 Å². The molecule has 1 aromatic carbocycles. The van der Waals surface area contributed by atoms with Crippen LogP contribution in [0.15, 0.2) is 12.1 Å². The number of nitrogens with two attached hydrogens (primary N) is 1. The zero-order valence-corrected chi connectivity index (χ0v) is 7.50. The van der Waals surface area contributed by atoms with E-state index in [-0.39, 0.29) is 11.4 Å². The fraction of sp³-hybridized carbons (Fsp3) is 0.222. The Kier molecular flexibility index (Phi) is 2.41. The van der Waals surface area contributed by atoms with Gasteiger partial charge in [0.15, 0.2) is 0 Å². The predicted octanol–water partition coefficient (Wildman–Crippen LogP) is 1.07. The van der Waals surface area contributed by atoms with E-state index in [1.54, 1.807) is 6.92 Å². The molecule has 13 heavy (non-hydrogen) atoms. The average Bonchev–Trinajstić information content (AvgIpc) is 2.13. The third kappa shape index (κ3) is 1.56. The summed E-state index contributed by atoms with van der Waals surface area (Å²) in [6.45, 7) is 1.61. The van der Waals surface area contributed by atoms with Gasteiger partial charge in [0.1, 0.15) is 5.75 Å². The second kappa shape index (κ2) is 3.35. The molecule has 0 aliphatic carbocycles. The zero-order valence-electron chi connectivity index (χ0n) is 7.50. The summed E-state index contributed by atoms with van der Waals surface area (Å²) in [7, 11) is 1.29. The molecule has 0 spiro atoms. The number of carbonyl (C=O) groups excluding carboxylic acids is 1. The number of aromatic hydroxyl groups is 1. The molecule has 0 bridgehead atoms. The summed E-state index contributed by atoms with van der Waals surface area (Å²) in [5.41, 5.74) is 6.45. The number of esters is 1. The van der Waals surface area contributed by atoms with E-state index in [1.165, 1.54) is 19.2 Å². The van der Waals surface area contributed by atoms with Gasteiger partial charge >= 0.3 is 5.97 Å². The van der Waals surface area contributed by atoms with E-state index in [4.69, 9.17) is 5.73 Å². The first-order valence-corrected chi connectivity index (χ1v) is 3.74. The molecule has 0 unspecified atom stereocenters. The first kappa shape index (κ1) is 9.38. The predicted molar refractivity (Wildman–Crippen MR) is 48.6 cm³/mol. The highest BCUT2D eigenvalue weighted by Gasteiger charge is 2.13. The van der Waals surface area contributed by atoms with E-state index in [2.05, 4.69) is 4.74 Å². The van der Waals surface area contributed by atoms with Gasteiger partial charge in [0, 0.05) is 5.56 Å². The maximum Gasteiger partial charge on any atom is 0.338 e. The van der Waals surface area contributed by atoms with Crippen molar-refractivity contribution in [2.45, 2.75) is 6.92 Å². The molecule has 1 aromatic rings. The van der Waals surface area contributed by atoms with Crippen molar-refractivity contribution in [1.29, 1.82) is 0 Å². The van der Waals surface area contributed by atoms with Crippen LogP contribution in [0.25, 0.3) is 0 Å². The highest BCUT2D eigenvalue weighted by atomic mass is 16.5. The number of phenolic OH excluding ortho intramolecular Hbond substituents is 1. The van der Waals surface area contributed by atoms with Gasteiger partial charge in [-0.3, -0.25) is 0 Å². The maximum atomic E-state index is 11.1. The molecule has 0 radical (unpaired) electrons. The molecule has 0 fully saturated rings. The highest BCUT2D eigenvalue weighted by Crippen LogP contribution is 2.27. The molecular formula is C9H11NO3. The number of nitrogen functional groups attached to an aromatic ring is 1. The summed E-state index contributed by atoms with van der Waals surface area (Å²) in [4.78, 5) is 11.1. The zero-order chi connectivity index (χ0) is 10.0. The normalized spacial score (nSPS) is 9.69. The summed E-state index contributed by atoms with van der Waals surface area (Å²) in [6.07, 6.45) is 0. The number of hydrogen-bond acceptors (Lipinski definition) is 4. The Hall–Kier alpha value is -1.71. The Morgan fingerprint density at radius 3 is 2.69 bits per heavy atom. The van der Waals surface area contributed by atoms with E-state index in [0.29, 0.717) is 11.1 Å². The molecule has 0 heterocycles. The molecule has 0 aromatic heterocycles. The lowest BCUT2D eigenvalue weighted by atomic mass is 10.1. The van der Waals surface area contributed by atoms with Crippen LogP contribution < -0.4 is 5.73 Å². The van der Waals surface area contributed by atoms with Crippen molar-refractivity contribution in [3.8, 4) is 5.75 Å². The lowest BCUT2D eigenvalue weighted by molar-refractivity contribution is 0.0599. The van der Waals surface area contributed by atoms with Crippen molar-refractivity contribution in [2.75, 3.05) is 12.8 Å². The van der Waals surface area contributed by atoms with Crippen molar-refractivity contribution in [2.24, 2.45) is 0 Å². The molecule has 0 amide bonds. The third-order valence-electron chi connectivity index (χ3n) is 1.87. The molecule has 0 saturated heterocycles. The highest BCUT2D eigenvalue weighted by molar-refractivity contribution is 5.92. The smallest absolute Gasteiger partial charge is 0.338 e. The number of ether oxygens (including phenoxy) is 1. The average molecular weight is 181 g/mol. The van der Waals surface area contributed by atoms with Gasteiger partial charge in [0.2, 0.25) is 0 Å². The number of methoxy groups -OCH3 is 1. The summed E-state index contributed by atoms with van der Waals surface area (Å²) in [5, 5.41) is 9.40. The van der Waals surface area contributed by atoms with Gasteiger partial charge in [0.05, 0.1) is 18.4 Å². The topological polar surface area (TPSA) is 72.5 Å². The maximum absolute atomic E-state index is 11.1. The monoisotopic (exact) mass is 181 g/mol. The Balaban J connectivity index is 3.26. The van der Waals surface area contributed by atoms with Crippen molar-refractivity contribution in [3.05, 3.63) is 23.3 Å². The minimum absolute atomic E-state index is 0.0668. The second-order valence-electron chi connectivity index (χ2n) is 2.67. The van der Waals surface area contributed by atoms with Crippen molar-refractivity contribution in [3.63, 3.8) is 0 Å². The van der Waals surface area contributed by atoms with Crippen molar-refractivity contribution < 1.29 is 14.6 Å². The SMILES string of the molecule is COC(=O)c1ccc(N)c(O)c1C. The number of benzene rings is 1. The van der Waals surface area contributed by atoms with E-state index in [0.717, 1.165) is 0 Å². The standard InChI is InChI=1S/C9H11NO3/c1-5-6(9(12)13-2)3-4-7(10)8(5)11/h3-4,11H,10H2,1-2H3. The first-order valence-electron chi connectivity index (χ1n) is 3.74. The summed E-state index contributed by atoms with van der Waals surface area (Å²) in [6, 6.07) is 2.99. The number of rotatable bonds is 1. The number of phenols is 1. The van der Waals surface area contributed by atoms with Gasteiger partial charge < -0.3 is 15.6 Å². The Bertz CT molecular complexity index is 347. The Morgan fingerprint density at radius 2 is 2.15 bits per heavy atom. The molecular weight excluding hydrogens is 170 g/mol. The molecule has 0 aliphatic rings. The van der Waals surface area contributed by atoms with Crippen molar-refractivity contribution >= 4 is 11.7 Å². The van der Waals surface area contributed by atoms with Crippen LogP contribution >= 0.6 is 0 Å². The lowest BCUT2D eigenvalue weighted by Gasteiger charge is -2.07. The molecule has 1 rings (SSSR count). The van der Waals surface area contributed by atoms with Gasteiger partial charge in [-0.05, 0) is 19.1 Å². The summed E-state index contributed by atoms with van der Waals surface area (Å²) >= 11 is 0. The molecule has 0 aliphatic heterocycles. The van der Waals surface area contributed by atoms with Gasteiger partial charge in [-0.1, -0.05) is 0 Å². The van der Waals surface area contributed by atoms with E-state index in [1.807, 2.05) is 0 Å². The molecule has 4 heteroatoms. The number of carbonyl (C=O) groups is 1. The van der Waals surface area contributed by atoms with Crippen LogP contribution in [0, 0.1) is 6.92 Å². The van der Waals surface area contributed by atoms with Crippen LogP contribution in [0.3, 0.4) is 0 Å². The summed E-state index contributed by atoms with van der Waals surface area (Å²) in [5.74, 6) is -0.546. The molecule has 0 atom stereocenters. The minimum atomic E-state index is -0.479. The largest absolute Gasteiger partial charge is 0.505 e. The van der Waals surface area contributed by atoms with Crippen LogP contribution in [-0.2, 0) is 4.74 Å². The third-order valence-corrected chi connectivity index (χ3v) is 1.87. The molecule has 3 N–H and O–H groups in total. The second-order valence-corrected chi connectivity index (χ2v) is 2.67. The van der Waals surface area contributed by atoms with E-state index < -0.39 is 5.97 Å². The first-order chi connectivity index (χ1) is 6.07. The van der Waals surface area contributed by atoms with Crippen LogP contribution in [0.1, 0.15) is 15.9 Å². The number of hydrogen-bond donors (Lipinski definition) is 2. The van der Waals surface area contributed by atoms with Gasteiger partial charge in [0.25, 0.3) is 0 Å². The van der Waals surface area contributed by atoms with Gasteiger partial charge in [-0.25, -0.2) is 4.79 Å².